The molecule has 4 aromatic carbocycles. The van der Waals surface area contributed by atoms with E-state index >= 15 is 0 Å². The zero-order valence-electron chi connectivity index (χ0n) is 31.6. The molecule has 0 unspecified atom stereocenters. The van der Waals surface area contributed by atoms with Gasteiger partial charge < -0.3 is 25.8 Å². The Labute approximate surface area is 388 Å². The minimum atomic E-state index is -4.79. The van der Waals surface area contributed by atoms with E-state index in [-0.39, 0.29) is 75.5 Å². The summed E-state index contributed by atoms with van der Waals surface area (Å²) in [7, 11) is -3.81. The lowest BCUT2D eigenvalue weighted by molar-refractivity contribution is -0.143. The SMILES string of the molecule is CS(=O)(=O)Nc1ccc(Oc2cccnc2C(F)(F)F)cc1C(=O)Nc1cc(Cl)c(Cl)c(Cl)c1.Nc1ccc(Oc2cccnc2C(F)(F)F)cc1C(=O)Nc1cc(Cl)c(Cl)c(Cl)c1. The van der Waals surface area contributed by atoms with Gasteiger partial charge in [0, 0.05) is 29.5 Å². The minimum absolute atomic E-state index is 0.0351. The first-order chi connectivity index (χ1) is 29.8. The van der Waals surface area contributed by atoms with Crippen LogP contribution in [0.15, 0.2) is 97.3 Å². The second-order valence-corrected chi connectivity index (χ2v) is 16.8. The number of alkyl halides is 6. The Bertz CT molecular complexity index is 2830. The molecular formula is C39H24Cl6F6N6O6S. The number of aromatic nitrogens is 2. The van der Waals surface area contributed by atoms with Gasteiger partial charge in [-0.05, 0) is 84.9 Å². The number of halogens is 12. The first kappa shape index (κ1) is 49.6. The van der Waals surface area contributed by atoms with Crippen molar-refractivity contribution >= 4 is 114 Å². The van der Waals surface area contributed by atoms with E-state index in [0.717, 1.165) is 42.9 Å². The largest absolute Gasteiger partial charge is 0.455 e. The Balaban J connectivity index is 0.000000243. The Kier molecular flexibility index (Phi) is 15.6. The summed E-state index contributed by atoms with van der Waals surface area (Å²) in [5.41, 5.74) is 3.38. The number of nitrogens with one attached hydrogen (secondary N) is 3. The smallest absolute Gasteiger partial charge is 0.437 e. The first-order valence-electron chi connectivity index (χ1n) is 17.1. The van der Waals surface area contributed by atoms with E-state index in [2.05, 4.69) is 25.3 Å². The summed E-state index contributed by atoms with van der Waals surface area (Å²) in [6.07, 6.45) is -6.68. The number of anilines is 4. The lowest BCUT2D eigenvalue weighted by Crippen LogP contribution is -2.18. The molecule has 2 amide bonds. The molecule has 25 heteroatoms. The fourth-order valence-corrected chi connectivity index (χ4v) is 6.91. The van der Waals surface area contributed by atoms with Crippen LogP contribution in [0, 0.1) is 0 Å². The van der Waals surface area contributed by atoms with Crippen LogP contribution in [0.4, 0.5) is 49.1 Å². The fourth-order valence-electron chi connectivity index (χ4n) is 5.14. The number of nitrogens with two attached hydrogens (primary N) is 1. The number of rotatable bonds is 10. The average Bonchev–Trinajstić information content (AvgIpc) is 3.19. The van der Waals surface area contributed by atoms with Crippen LogP contribution in [0.5, 0.6) is 23.0 Å². The van der Waals surface area contributed by atoms with E-state index in [1.165, 1.54) is 60.7 Å². The molecule has 0 aliphatic rings. The molecule has 0 saturated heterocycles. The van der Waals surface area contributed by atoms with Gasteiger partial charge in [-0.1, -0.05) is 69.6 Å². The summed E-state index contributed by atoms with van der Waals surface area (Å²) in [5.74, 6) is -2.85. The first-order valence-corrected chi connectivity index (χ1v) is 21.3. The van der Waals surface area contributed by atoms with Crippen molar-refractivity contribution in [1.29, 1.82) is 0 Å². The normalized spacial score (nSPS) is 11.5. The summed E-state index contributed by atoms with van der Waals surface area (Å²) < 4.78 is 115. The molecule has 2 aromatic heterocycles. The van der Waals surface area contributed by atoms with E-state index in [0.29, 0.717) is 0 Å². The standard InChI is InChI=1S/C20H13Cl3F3N3O4S.C19H11Cl3F3N3O2/c1-34(31,32)29-15-5-4-11(33-16-3-2-6-27-18(16)20(24,25)26)9-12(15)19(30)28-10-7-13(21)17(23)14(22)8-10;20-12-6-9(7-13(21)16(12)22)28-18(29)11-8-10(3-4-14(11)26)30-15-2-1-5-27-17(15)19(23,24)25/h2-9,29H,1H3,(H,28,30);1-8H,26H2,(H,28,29). The predicted molar refractivity (Wildman–Crippen MR) is 233 cm³/mol. The summed E-state index contributed by atoms with van der Waals surface area (Å²) in [6, 6.07) is 17.4. The molecule has 6 aromatic rings. The number of nitrogens with zero attached hydrogens (tertiary/aromatic N) is 2. The van der Waals surface area contributed by atoms with Crippen molar-refractivity contribution in [1.82, 2.24) is 9.97 Å². The molecule has 0 bridgehead atoms. The highest BCUT2D eigenvalue weighted by molar-refractivity contribution is 7.92. The molecule has 336 valence electrons. The topological polar surface area (TPSA) is 175 Å². The lowest BCUT2D eigenvalue weighted by atomic mass is 10.1. The van der Waals surface area contributed by atoms with E-state index in [1.807, 2.05) is 0 Å². The number of benzene rings is 4. The van der Waals surface area contributed by atoms with E-state index in [9.17, 15) is 44.3 Å². The number of sulfonamides is 1. The number of hydrogen-bond acceptors (Lipinski definition) is 9. The maximum Gasteiger partial charge on any atom is 0.437 e. The number of hydrogen-bond donors (Lipinski definition) is 4. The molecule has 0 fully saturated rings. The van der Waals surface area contributed by atoms with Crippen LogP contribution in [-0.4, -0.2) is 36.5 Å². The van der Waals surface area contributed by atoms with Crippen molar-refractivity contribution < 1.29 is 53.8 Å². The third-order valence-corrected chi connectivity index (χ3v) is 10.8. The van der Waals surface area contributed by atoms with Crippen molar-refractivity contribution in [2.75, 3.05) is 27.3 Å². The summed E-state index contributed by atoms with van der Waals surface area (Å²) >= 11 is 35.5. The van der Waals surface area contributed by atoms with E-state index in [4.69, 9.17) is 84.8 Å². The van der Waals surface area contributed by atoms with Gasteiger partial charge in [0.2, 0.25) is 10.0 Å². The van der Waals surface area contributed by atoms with Crippen molar-refractivity contribution in [2.24, 2.45) is 0 Å². The van der Waals surface area contributed by atoms with Gasteiger partial charge in [-0.15, -0.1) is 0 Å². The third kappa shape index (κ3) is 13.1. The summed E-state index contributed by atoms with van der Waals surface area (Å²) in [6.45, 7) is 0. The Morgan fingerprint density at radius 2 is 1.00 bits per heavy atom. The summed E-state index contributed by atoms with van der Waals surface area (Å²) in [4.78, 5) is 32.2. The third-order valence-electron chi connectivity index (χ3n) is 7.82. The zero-order chi connectivity index (χ0) is 47.3. The highest BCUT2D eigenvalue weighted by atomic mass is 35.5. The number of ether oxygens (including phenoxy) is 2. The molecule has 0 aliphatic carbocycles. The van der Waals surface area contributed by atoms with Crippen LogP contribution in [-0.2, 0) is 22.4 Å². The molecule has 0 atom stereocenters. The Morgan fingerprint density at radius 3 is 1.41 bits per heavy atom. The molecule has 0 aliphatic heterocycles. The number of carbonyl (C=O) groups excluding carboxylic acids is 2. The van der Waals surface area contributed by atoms with Gasteiger partial charge in [-0.3, -0.25) is 14.3 Å². The summed E-state index contributed by atoms with van der Waals surface area (Å²) in [5, 5.41) is 5.55. The number of amides is 2. The van der Waals surface area contributed by atoms with Gasteiger partial charge in [0.25, 0.3) is 11.8 Å². The van der Waals surface area contributed by atoms with Crippen LogP contribution in [0.25, 0.3) is 0 Å². The van der Waals surface area contributed by atoms with Gasteiger partial charge in [0.15, 0.2) is 22.9 Å². The Hall–Kier alpha value is -5.41. The minimum Gasteiger partial charge on any atom is -0.455 e. The van der Waals surface area contributed by atoms with Crippen molar-refractivity contribution in [2.45, 2.75) is 12.4 Å². The van der Waals surface area contributed by atoms with Crippen LogP contribution in [0.3, 0.4) is 0 Å². The van der Waals surface area contributed by atoms with Gasteiger partial charge in [0.05, 0.1) is 53.2 Å². The van der Waals surface area contributed by atoms with Crippen LogP contribution in [0.2, 0.25) is 30.1 Å². The average molecular weight is 1030 g/mol. The lowest BCUT2D eigenvalue weighted by Gasteiger charge is -2.15. The fraction of sp³-hybridized carbons (Fsp3) is 0.0769. The highest BCUT2D eigenvalue weighted by Crippen LogP contribution is 2.40. The van der Waals surface area contributed by atoms with Gasteiger partial charge in [-0.25, -0.2) is 18.4 Å². The Morgan fingerprint density at radius 1 is 0.609 bits per heavy atom. The van der Waals surface area contributed by atoms with Crippen LogP contribution < -0.4 is 30.6 Å². The maximum absolute atomic E-state index is 13.2. The molecule has 5 N–H and O–H groups in total. The van der Waals surface area contributed by atoms with Crippen molar-refractivity contribution in [3.63, 3.8) is 0 Å². The van der Waals surface area contributed by atoms with E-state index in [1.54, 1.807) is 0 Å². The number of carbonyl (C=O) groups is 2. The molecule has 0 spiro atoms. The second kappa shape index (κ2) is 20.2. The second-order valence-electron chi connectivity index (χ2n) is 12.6. The molecular weight excluding hydrogens is 1010 g/mol. The highest BCUT2D eigenvalue weighted by Gasteiger charge is 2.37. The van der Waals surface area contributed by atoms with Gasteiger partial charge >= 0.3 is 12.4 Å². The van der Waals surface area contributed by atoms with Crippen molar-refractivity contribution in [3.8, 4) is 23.0 Å². The molecule has 12 nitrogen and oxygen atoms in total. The zero-order valence-corrected chi connectivity index (χ0v) is 37.0. The molecule has 2 heterocycles. The maximum atomic E-state index is 13.2. The molecule has 64 heavy (non-hydrogen) atoms. The monoisotopic (exact) mass is 1030 g/mol. The molecule has 6 rings (SSSR count). The van der Waals surface area contributed by atoms with Gasteiger partial charge in [0.1, 0.15) is 11.5 Å². The van der Waals surface area contributed by atoms with Crippen molar-refractivity contribution in [3.05, 3.63) is 150 Å². The van der Waals surface area contributed by atoms with Crippen LogP contribution in [0.1, 0.15) is 32.1 Å². The number of pyridine rings is 2. The van der Waals surface area contributed by atoms with Gasteiger partial charge in [-0.2, -0.15) is 26.3 Å². The predicted octanol–water partition coefficient (Wildman–Crippen LogP) is 13.2. The number of nitrogen functional groups attached to an aromatic ring is 1. The molecule has 0 saturated carbocycles. The quantitative estimate of drug-likeness (QED) is 0.0591. The van der Waals surface area contributed by atoms with E-state index < -0.39 is 57.1 Å². The van der Waals surface area contributed by atoms with Crippen LogP contribution >= 0.6 is 69.6 Å². The molecule has 0 radical (unpaired) electrons.